The molecule has 0 aliphatic carbocycles. The highest BCUT2D eigenvalue weighted by molar-refractivity contribution is 5.90. The molecule has 1 amide bonds. The Bertz CT molecular complexity index is 538. The smallest absolute Gasteiger partial charge is 0.407 e. The zero-order valence-corrected chi connectivity index (χ0v) is 14.4. The van der Waals surface area contributed by atoms with Crippen LogP contribution in [0.15, 0.2) is 24.3 Å². The quantitative estimate of drug-likeness (QED) is 0.787. The van der Waals surface area contributed by atoms with Gasteiger partial charge in [0.05, 0.1) is 12.7 Å². The van der Waals surface area contributed by atoms with E-state index in [4.69, 9.17) is 9.47 Å². The van der Waals surface area contributed by atoms with E-state index in [-0.39, 0.29) is 12.0 Å². The van der Waals surface area contributed by atoms with E-state index in [0.29, 0.717) is 12.1 Å². The van der Waals surface area contributed by atoms with E-state index in [1.54, 1.807) is 18.2 Å². The largest absolute Gasteiger partial charge is 0.465 e. The number of amides is 1. The lowest BCUT2D eigenvalue weighted by atomic mass is 10.1. The van der Waals surface area contributed by atoms with Crippen molar-refractivity contribution in [3.05, 3.63) is 29.8 Å². The summed E-state index contributed by atoms with van der Waals surface area (Å²) in [5.74, 6) is -0.381. The third-order valence-corrected chi connectivity index (χ3v) is 3.04. The third-order valence-electron chi connectivity index (χ3n) is 3.04. The maximum absolute atomic E-state index is 11.7. The maximum Gasteiger partial charge on any atom is 0.407 e. The number of alkyl carbamates (subject to hydrolysis) is 1. The second-order valence-corrected chi connectivity index (χ2v) is 6.20. The monoisotopic (exact) mass is 322 g/mol. The summed E-state index contributed by atoms with van der Waals surface area (Å²) in [6.45, 7) is 7.90. The van der Waals surface area contributed by atoms with Gasteiger partial charge in [0.2, 0.25) is 0 Å². The first kappa shape index (κ1) is 18.8. The molecule has 6 nitrogen and oxygen atoms in total. The van der Waals surface area contributed by atoms with Gasteiger partial charge in [-0.3, -0.25) is 0 Å². The molecular weight excluding hydrogens is 296 g/mol. The van der Waals surface area contributed by atoms with Crippen molar-refractivity contribution in [3.63, 3.8) is 0 Å². The Morgan fingerprint density at radius 2 is 1.96 bits per heavy atom. The van der Waals surface area contributed by atoms with E-state index in [1.165, 1.54) is 7.11 Å². The van der Waals surface area contributed by atoms with Gasteiger partial charge >= 0.3 is 12.1 Å². The van der Waals surface area contributed by atoms with Gasteiger partial charge in [0, 0.05) is 18.3 Å². The van der Waals surface area contributed by atoms with Crippen LogP contribution in [0, 0.1) is 0 Å². The number of benzene rings is 1. The second kappa shape index (κ2) is 8.41. The summed E-state index contributed by atoms with van der Waals surface area (Å²) < 4.78 is 9.92. The molecule has 1 aromatic rings. The Morgan fingerprint density at radius 3 is 2.52 bits per heavy atom. The number of esters is 1. The fourth-order valence-corrected chi connectivity index (χ4v) is 1.91. The van der Waals surface area contributed by atoms with Gasteiger partial charge < -0.3 is 20.1 Å². The van der Waals surface area contributed by atoms with Crippen LogP contribution in [-0.4, -0.2) is 37.4 Å². The highest BCUT2D eigenvalue weighted by atomic mass is 16.6. The van der Waals surface area contributed by atoms with E-state index in [0.717, 1.165) is 12.1 Å². The van der Waals surface area contributed by atoms with Crippen LogP contribution in [0.1, 0.15) is 44.5 Å². The lowest BCUT2D eigenvalue weighted by Gasteiger charge is -2.22. The van der Waals surface area contributed by atoms with Gasteiger partial charge in [-0.1, -0.05) is 13.0 Å². The highest BCUT2D eigenvalue weighted by Gasteiger charge is 2.17. The topological polar surface area (TPSA) is 76.7 Å². The van der Waals surface area contributed by atoms with Crippen LogP contribution >= 0.6 is 0 Å². The molecule has 0 spiro atoms. The summed E-state index contributed by atoms with van der Waals surface area (Å²) in [6.07, 6.45) is 0.360. The average Bonchev–Trinajstić information content (AvgIpc) is 2.49. The molecule has 0 aliphatic rings. The Kier molecular flexibility index (Phi) is 6.88. The molecule has 0 unspecified atom stereocenters. The summed E-state index contributed by atoms with van der Waals surface area (Å²) in [7, 11) is 1.35. The number of carbonyl (C=O) groups excluding carboxylic acids is 2. The molecule has 1 rings (SSSR count). The van der Waals surface area contributed by atoms with E-state index in [9.17, 15) is 9.59 Å². The van der Waals surface area contributed by atoms with Gasteiger partial charge in [-0.15, -0.1) is 0 Å². The molecule has 1 aromatic carbocycles. The number of hydrogen-bond acceptors (Lipinski definition) is 5. The lowest BCUT2D eigenvalue weighted by molar-refractivity contribution is 0.0524. The summed E-state index contributed by atoms with van der Waals surface area (Å²) >= 11 is 0. The number of anilines is 1. The number of nitrogens with one attached hydrogen (secondary N) is 2. The van der Waals surface area contributed by atoms with Crippen molar-refractivity contribution in [1.29, 1.82) is 0 Å². The van der Waals surface area contributed by atoms with E-state index in [2.05, 4.69) is 10.6 Å². The van der Waals surface area contributed by atoms with Crippen LogP contribution in [0.4, 0.5) is 10.5 Å². The summed E-state index contributed by atoms with van der Waals surface area (Å²) in [5.41, 5.74) is 0.756. The minimum atomic E-state index is -0.520. The van der Waals surface area contributed by atoms with Gasteiger partial charge in [0.15, 0.2) is 0 Å². The first-order valence-corrected chi connectivity index (χ1v) is 7.67. The molecule has 1 atom stereocenters. The molecule has 6 heteroatoms. The van der Waals surface area contributed by atoms with E-state index in [1.807, 2.05) is 33.8 Å². The predicted molar refractivity (Wildman–Crippen MR) is 89.7 cm³/mol. The Labute approximate surface area is 137 Å². The SMILES string of the molecule is CC[C@@H](CNC(=O)OC(C)(C)C)Nc1cccc(C(=O)OC)c1. The number of methoxy groups -OCH3 is 1. The molecule has 0 aliphatic heterocycles. The summed E-state index contributed by atoms with van der Waals surface area (Å²) in [5, 5.41) is 6.03. The van der Waals surface area contributed by atoms with Crippen LogP contribution in [-0.2, 0) is 9.47 Å². The molecule has 0 saturated heterocycles. The molecule has 0 fully saturated rings. The van der Waals surface area contributed by atoms with Crippen LogP contribution in [0.25, 0.3) is 0 Å². The lowest BCUT2D eigenvalue weighted by Crippen LogP contribution is -2.39. The molecule has 128 valence electrons. The minimum Gasteiger partial charge on any atom is -0.465 e. The summed E-state index contributed by atoms with van der Waals surface area (Å²) in [6, 6.07) is 7.08. The number of carbonyl (C=O) groups is 2. The van der Waals surface area contributed by atoms with Gasteiger partial charge in [-0.05, 0) is 45.4 Å². The van der Waals surface area contributed by atoms with Gasteiger partial charge in [-0.25, -0.2) is 9.59 Å². The van der Waals surface area contributed by atoms with Crippen molar-refractivity contribution in [3.8, 4) is 0 Å². The van der Waals surface area contributed by atoms with Crippen LogP contribution in [0.3, 0.4) is 0 Å². The van der Waals surface area contributed by atoms with Crippen molar-refractivity contribution in [2.45, 2.75) is 45.8 Å². The highest BCUT2D eigenvalue weighted by Crippen LogP contribution is 2.14. The van der Waals surface area contributed by atoms with Crippen molar-refractivity contribution in [2.24, 2.45) is 0 Å². The Balaban J connectivity index is 2.59. The number of rotatable bonds is 6. The molecule has 0 aromatic heterocycles. The van der Waals surface area contributed by atoms with Crippen LogP contribution < -0.4 is 10.6 Å². The number of ether oxygens (including phenoxy) is 2. The molecule has 0 saturated carbocycles. The van der Waals surface area contributed by atoms with Crippen molar-refractivity contribution in [1.82, 2.24) is 5.32 Å². The first-order chi connectivity index (χ1) is 10.7. The van der Waals surface area contributed by atoms with Gasteiger partial charge in [0.1, 0.15) is 5.60 Å². The van der Waals surface area contributed by atoms with Crippen LogP contribution in [0.2, 0.25) is 0 Å². The zero-order chi connectivity index (χ0) is 17.5. The maximum atomic E-state index is 11.7. The van der Waals surface area contributed by atoms with Gasteiger partial charge in [0.25, 0.3) is 0 Å². The molecule has 0 bridgehead atoms. The Hall–Kier alpha value is -2.24. The second-order valence-electron chi connectivity index (χ2n) is 6.20. The standard InChI is InChI=1S/C17H26N2O4/c1-6-13(11-18-16(21)23-17(2,3)4)19-14-9-7-8-12(10-14)15(20)22-5/h7-10,13,19H,6,11H2,1-5H3,(H,18,21)/t13-/m0/s1. The molecular formula is C17H26N2O4. The zero-order valence-electron chi connectivity index (χ0n) is 14.4. The van der Waals surface area contributed by atoms with Crippen molar-refractivity contribution >= 4 is 17.7 Å². The normalized spacial score (nSPS) is 12.2. The van der Waals surface area contributed by atoms with Crippen molar-refractivity contribution in [2.75, 3.05) is 19.0 Å². The molecule has 2 N–H and O–H groups in total. The van der Waals surface area contributed by atoms with Crippen molar-refractivity contribution < 1.29 is 19.1 Å². The molecule has 0 heterocycles. The third kappa shape index (κ3) is 7.04. The first-order valence-electron chi connectivity index (χ1n) is 7.67. The summed E-state index contributed by atoms with van der Waals surface area (Å²) in [4.78, 5) is 23.2. The fraction of sp³-hybridized carbons (Fsp3) is 0.529. The number of hydrogen-bond donors (Lipinski definition) is 2. The fourth-order valence-electron chi connectivity index (χ4n) is 1.91. The van der Waals surface area contributed by atoms with Crippen LogP contribution in [0.5, 0.6) is 0 Å². The predicted octanol–water partition coefficient (Wildman–Crippen LogP) is 3.19. The average molecular weight is 322 g/mol. The van der Waals surface area contributed by atoms with E-state index < -0.39 is 11.7 Å². The minimum absolute atomic E-state index is 0.0235. The Morgan fingerprint density at radius 1 is 1.26 bits per heavy atom. The van der Waals surface area contributed by atoms with Gasteiger partial charge in [-0.2, -0.15) is 0 Å². The van der Waals surface area contributed by atoms with E-state index >= 15 is 0 Å². The molecule has 0 radical (unpaired) electrons. The molecule has 23 heavy (non-hydrogen) atoms.